The molecular formula is C9H12N4O. The Balaban J connectivity index is 1.65. The molecule has 0 aliphatic rings. The van der Waals surface area contributed by atoms with Gasteiger partial charge in [0, 0.05) is 25.4 Å². The summed E-state index contributed by atoms with van der Waals surface area (Å²) in [6, 6.07) is 0. The quantitative estimate of drug-likeness (QED) is 0.685. The molecule has 5 nitrogen and oxygen atoms in total. The van der Waals surface area contributed by atoms with Crippen LogP contribution in [0.1, 0.15) is 11.6 Å². The first kappa shape index (κ1) is 8.96. The molecule has 0 saturated carbocycles. The maximum atomic E-state index is 5.07. The van der Waals surface area contributed by atoms with Crippen molar-refractivity contribution in [3.63, 3.8) is 0 Å². The standard InChI is InChI=1S/C9H12N4O/c1(9-12-3-4-13-9)2-10-5-8-6-11-7-14-8/h3-4,6-7,10H,1-2,5H2,(H,12,13). The van der Waals surface area contributed by atoms with Crippen LogP contribution in [0.4, 0.5) is 0 Å². The Bertz CT molecular complexity index is 305. The highest BCUT2D eigenvalue weighted by molar-refractivity contribution is 4.89. The highest BCUT2D eigenvalue weighted by Gasteiger charge is 1.96. The van der Waals surface area contributed by atoms with Crippen molar-refractivity contribution in [1.82, 2.24) is 20.3 Å². The maximum Gasteiger partial charge on any atom is 0.180 e. The summed E-state index contributed by atoms with van der Waals surface area (Å²) in [5, 5.41) is 3.23. The van der Waals surface area contributed by atoms with Gasteiger partial charge in [-0.15, -0.1) is 0 Å². The van der Waals surface area contributed by atoms with Gasteiger partial charge < -0.3 is 14.7 Å². The van der Waals surface area contributed by atoms with Crippen LogP contribution in [0.15, 0.2) is 29.4 Å². The third-order valence-electron chi connectivity index (χ3n) is 1.88. The number of hydrogen-bond donors (Lipinski definition) is 2. The highest BCUT2D eigenvalue weighted by Crippen LogP contribution is 1.95. The largest absolute Gasteiger partial charge is 0.447 e. The van der Waals surface area contributed by atoms with Crippen molar-refractivity contribution in [1.29, 1.82) is 0 Å². The van der Waals surface area contributed by atoms with Gasteiger partial charge in [0.05, 0.1) is 12.7 Å². The maximum absolute atomic E-state index is 5.07. The van der Waals surface area contributed by atoms with E-state index in [1.54, 1.807) is 12.4 Å². The van der Waals surface area contributed by atoms with Gasteiger partial charge in [0.2, 0.25) is 0 Å². The van der Waals surface area contributed by atoms with E-state index in [-0.39, 0.29) is 0 Å². The Morgan fingerprint density at radius 2 is 2.50 bits per heavy atom. The number of oxazole rings is 1. The van der Waals surface area contributed by atoms with Crippen LogP contribution < -0.4 is 5.32 Å². The molecule has 2 aromatic heterocycles. The van der Waals surface area contributed by atoms with Gasteiger partial charge in [-0.3, -0.25) is 0 Å². The van der Waals surface area contributed by atoms with Gasteiger partial charge in [-0.2, -0.15) is 0 Å². The average Bonchev–Trinajstić information content (AvgIpc) is 2.86. The normalized spacial score (nSPS) is 10.6. The molecule has 0 aliphatic heterocycles. The lowest BCUT2D eigenvalue weighted by Crippen LogP contribution is -2.16. The summed E-state index contributed by atoms with van der Waals surface area (Å²) in [5.41, 5.74) is 0. The number of hydrogen-bond acceptors (Lipinski definition) is 4. The SMILES string of the molecule is c1c[nH]c(CCNCc2cnco2)n1. The molecule has 0 amide bonds. The smallest absolute Gasteiger partial charge is 0.180 e. The lowest BCUT2D eigenvalue weighted by molar-refractivity contribution is 0.479. The number of aromatic amines is 1. The van der Waals surface area contributed by atoms with Crippen molar-refractivity contribution in [3.05, 3.63) is 36.6 Å². The summed E-state index contributed by atoms with van der Waals surface area (Å²) < 4.78 is 5.07. The monoisotopic (exact) mass is 192 g/mol. The van der Waals surface area contributed by atoms with Gasteiger partial charge in [-0.25, -0.2) is 9.97 Å². The number of rotatable bonds is 5. The van der Waals surface area contributed by atoms with E-state index in [1.165, 1.54) is 6.39 Å². The van der Waals surface area contributed by atoms with Crippen LogP contribution >= 0.6 is 0 Å². The molecule has 0 radical (unpaired) electrons. The number of nitrogens with zero attached hydrogens (tertiary/aromatic N) is 2. The minimum Gasteiger partial charge on any atom is -0.447 e. The Hall–Kier alpha value is -1.62. The van der Waals surface area contributed by atoms with E-state index in [2.05, 4.69) is 20.3 Å². The van der Waals surface area contributed by atoms with Gasteiger partial charge in [0.1, 0.15) is 11.6 Å². The predicted octanol–water partition coefficient (Wildman–Crippen LogP) is 0.730. The fourth-order valence-electron chi connectivity index (χ4n) is 1.18. The van der Waals surface area contributed by atoms with E-state index in [0.29, 0.717) is 6.54 Å². The number of imidazole rings is 1. The van der Waals surface area contributed by atoms with Gasteiger partial charge in [0.15, 0.2) is 6.39 Å². The van der Waals surface area contributed by atoms with Crippen LogP contribution in [-0.2, 0) is 13.0 Å². The van der Waals surface area contributed by atoms with E-state index in [0.717, 1.165) is 24.6 Å². The zero-order valence-electron chi connectivity index (χ0n) is 7.73. The molecule has 14 heavy (non-hydrogen) atoms. The first-order chi connectivity index (χ1) is 6.95. The third-order valence-corrected chi connectivity index (χ3v) is 1.88. The molecule has 0 aliphatic carbocycles. The van der Waals surface area contributed by atoms with Crippen molar-refractivity contribution in [3.8, 4) is 0 Å². The van der Waals surface area contributed by atoms with Crippen molar-refractivity contribution in [2.45, 2.75) is 13.0 Å². The zero-order valence-corrected chi connectivity index (χ0v) is 7.73. The van der Waals surface area contributed by atoms with Crippen molar-refractivity contribution in [2.75, 3.05) is 6.54 Å². The minimum atomic E-state index is 0.709. The topological polar surface area (TPSA) is 66.7 Å². The molecule has 2 heterocycles. The fourth-order valence-corrected chi connectivity index (χ4v) is 1.18. The second kappa shape index (κ2) is 4.57. The number of aromatic nitrogens is 3. The highest BCUT2D eigenvalue weighted by atomic mass is 16.3. The van der Waals surface area contributed by atoms with Crippen molar-refractivity contribution >= 4 is 0 Å². The molecule has 0 fully saturated rings. The van der Waals surface area contributed by atoms with Crippen LogP contribution in [0.5, 0.6) is 0 Å². The summed E-state index contributed by atoms with van der Waals surface area (Å²) in [6.45, 7) is 1.58. The third kappa shape index (κ3) is 2.43. The summed E-state index contributed by atoms with van der Waals surface area (Å²) in [4.78, 5) is 11.0. The second-order valence-electron chi connectivity index (χ2n) is 2.93. The van der Waals surface area contributed by atoms with Crippen LogP contribution in [-0.4, -0.2) is 21.5 Å². The van der Waals surface area contributed by atoms with Crippen LogP contribution in [0.25, 0.3) is 0 Å². The average molecular weight is 192 g/mol. The summed E-state index contributed by atoms with van der Waals surface area (Å²) in [6.07, 6.45) is 7.61. The summed E-state index contributed by atoms with van der Waals surface area (Å²) in [5.74, 6) is 1.85. The Kier molecular flexibility index (Phi) is 2.92. The molecule has 0 aromatic carbocycles. The van der Waals surface area contributed by atoms with Gasteiger partial charge >= 0.3 is 0 Å². The first-order valence-electron chi connectivity index (χ1n) is 4.51. The van der Waals surface area contributed by atoms with E-state index in [4.69, 9.17) is 4.42 Å². The van der Waals surface area contributed by atoms with E-state index in [1.807, 2.05) is 6.20 Å². The van der Waals surface area contributed by atoms with Crippen LogP contribution in [0, 0.1) is 0 Å². The van der Waals surface area contributed by atoms with Crippen LogP contribution in [0.3, 0.4) is 0 Å². The molecule has 0 saturated heterocycles. The Morgan fingerprint density at radius 1 is 1.50 bits per heavy atom. The molecule has 0 bridgehead atoms. The second-order valence-corrected chi connectivity index (χ2v) is 2.93. The van der Waals surface area contributed by atoms with Gasteiger partial charge in [-0.1, -0.05) is 0 Å². The fraction of sp³-hybridized carbons (Fsp3) is 0.333. The minimum absolute atomic E-state index is 0.709. The summed E-state index contributed by atoms with van der Waals surface area (Å²) >= 11 is 0. The van der Waals surface area contributed by atoms with Crippen molar-refractivity contribution in [2.24, 2.45) is 0 Å². The number of nitrogens with one attached hydrogen (secondary N) is 2. The van der Waals surface area contributed by atoms with E-state index >= 15 is 0 Å². The molecule has 0 unspecified atom stereocenters. The summed E-state index contributed by atoms with van der Waals surface area (Å²) in [7, 11) is 0. The molecular weight excluding hydrogens is 180 g/mol. The first-order valence-corrected chi connectivity index (χ1v) is 4.51. The Labute approximate surface area is 81.6 Å². The van der Waals surface area contributed by atoms with E-state index < -0.39 is 0 Å². The predicted molar refractivity (Wildman–Crippen MR) is 50.5 cm³/mol. The molecule has 74 valence electrons. The lowest BCUT2D eigenvalue weighted by atomic mass is 10.4. The molecule has 2 N–H and O–H groups in total. The van der Waals surface area contributed by atoms with E-state index in [9.17, 15) is 0 Å². The van der Waals surface area contributed by atoms with Gasteiger partial charge in [0.25, 0.3) is 0 Å². The molecule has 0 spiro atoms. The molecule has 0 atom stereocenters. The molecule has 2 aromatic rings. The van der Waals surface area contributed by atoms with Crippen molar-refractivity contribution < 1.29 is 4.42 Å². The molecule has 5 heteroatoms. The zero-order chi connectivity index (χ0) is 9.64. The number of H-pyrrole nitrogens is 1. The Morgan fingerprint density at radius 3 is 3.21 bits per heavy atom. The van der Waals surface area contributed by atoms with Crippen LogP contribution in [0.2, 0.25) is 0 Å². The van der Waals surface area contributed by atoms with Gasteiger partial charge in [-0.05, 0) is 0 Å². The lowest BCUT2D eigenvalue weighted by Gasteiger charge is -1.99. The molecule has 2 rings (SSSR count).